The van der Waals surface area contributed by atoms with Gasteiger partial charge in [-0.25, -0.2) is 4.79 Å². The molecule has 1 aliphatic rings. The van der Waals surface area contributed by atoms with Crippen molar-refractivity contribution in [3.63, 3.8) is 0 Å². The molecule has 3 rings (SSSR count). The van der Waals surface area contributed by atoms with E-state index in [1.165, 1.54) is 4.88 Å². The van der Waals surface area contributed by atoms with Crippen molar-refractivity contribution in [1.29, 1.82) is 0 Å². The molecule has 2 aromatic rings. The number of aromatic carboxylic acids is 1. The van der Waals surface area contributed by atoms with Crippen LogP contribution in [0.25, 0.3) is 0 Å². The smallest absolute Gasteiger partial charge is 0.352 e. The second kappa shape index (κ2) is 5.99. The summed E-state index contributed by atoms with van der Waals surface area (Å²) in [6.07, 6.45) is 5.79. The van der Waals surface area contributed by atoms with Crippen molar-refractivity contribution >= 4 is 17.3 Å². The zero-order valence-corrected chi connectivity index (χ0v) is 12.8. The largest absolute Gasteiger partial charge is 0.477 e. The van der Waals surface area contributed by atoms with Gasteiger partial charge in [0, 0.05) is 42.4 Å². The summed E-state index contributed by atoms with van der Waals surface area (Å²) >= 11 is 1.69. The van der Waals surface area contributed by atoms with Gasteiger partial charge >= 0.3 is 5.97 Å². The molecule has 6 heteroatoms. The van der Waals surface area contributed by atoms with Crippen LogP contribution in [-0.4, -0.2) is 38.6 Å². The molecule has 112 valence electrons. The monoisotopic (exact) mass is 305 g/mol. The molecule has 1 saturated heterocycles. The van der Waals surface area contributed by atoms with Gasteiger partial charge in [-0.05, 0) is 31.9 Å². The lowest BCUT2D eigenvalue weighted by molar-refractivity contribution is 0.0676. The minimum atomic E-state index is -0.847. The molecule has 0 saturated carbocycles. The van der Waals surface area contributed by atoms with Crippen LogP contribution in [0.1, 0.15) is 47.2 Å². The van der Waals surface area contributed by atoms with Gasteiger partial charge in [0.05, 0.1) is 5.51 Å². The van der Waals surface area contributed by atoms with Gasteiger partial charge < -0.3 is 9.67 Å². The summed E-state index contributed by atoms with van der Waals surface area (Å²) in [5.74, 6) is -0.847. The second-order valence-corrected chi connectivity index (χ2v) is 6.37. The second-order valence-electron chi connectivity index (χ2n) is 5.45. The topological polar surface area (TPSA) is 58.4 Å². The fourth-order valence-corrected chi connectivity index (χ4v) is 3.77. The Morgan fingerprint density at radius 2 is 2.24 bits per heavy atom. The van der Waals surface area contributed by atoms with E-state index in [2.05, 4.69) is 16.8 Å². The van der Waals surface area contributed by atoms with Crippen molar-refractivity contribution in [2.45, 2.75) is 31.8 Å². The number of likely N-dealkylation sites (tertiary alicyclic amines) is 1. The zero-order valence-electron chi connectivity index (χ0n) is 12.0. The molecule has 0 aromatic carbocycles. The molecule has 1 fully saturated rings. The molecule has 0 bridgehead atoms. The average Bonchev–Trinajstić information content (AvgIpc) is 3.18. The maximum absolute atomic E-state index is 11.2. The highest BCUT2D eigenvalue weighted by Crippen LogP contribution is 2.31. The van der Waals surface area contributed by atoms with E-state index in [4.69, 9.17) is 0 Å². The van der Waals surface area contributed by atoms with Crippen LogP contribution in [0.2, 0.25) is 0 Å². The Morgan fingerprint density at radius 1 is 1.48 bits per heavy atom. The number of carboxylic acid groups (broad SMARTS) is 1. The number of hydrogen-bond acceptors (Lipinski definition) is 4. The molecule has 1 unspecified atom stereocenters. The van der Waals surface area contributed by atoms with Crippen molar-refractivity contribution < 1.29 is 9.90 Å². The number of rotatable bonds is 4. The third-order valence-corrected chi connectivity index (χ3v) is 5.25. The van der Waals surface area contributed by atoms with Gasteiger partial charge in [0.2, 0.25) is 0 Å². The quantitative estimate of drug-likeness (QED) is 0.943. The molecule has 5 nitrogen and oxygen atoms in total. The Morgan fingerprint density at radius 3 is 2.86 bits per heavy atom. The summed E-state index contributed by atoms with van der Waals surface area (Å²) in [4.78, 5) is 19.1. The third kappa shape index (κ3) is 2.87. The summed E-state index contributed by atoms with van der Waals surface area (Å²) < 4.78 is 1.91. The number of aromatic nitrogens is 2. The third-order valence-electron chi connectivity index (χ3n) is 4.30. The lowest BCUT2D eigenvalue weighted by Crippen LogP contribution is -2.36. The number of piperidine rings is 1. The number of carbonyl (C=O) groups is 1. The maximum Gasteiger partial charge on any atom is 0.352 e. The highest BCUT2D eigenvalue weighted by Gasteiger charge is 2.26. The first-order chi connectivity index (χ1) is 10.2. The van der Waals surface area contributed by atoms with Gasteiger partial charge in [-0.15, -0.1) is 11.3 Å². The standard InChI is InChI=1S/C15H19N3O2S/c1-11(14-9-16-10-21-14)17-7-4-12(5-8-17)18-6-2-3-13(18)15(19)20/h2-3,6,9-12H,4-5,7-8H2,1H3,(H,19,20). The molecule has 21 heavy (non-hydrogen) atoms. The van der Waals surface area contributed by atoms with Crippen molar-refractivity contribution in [3.05, 3.63) is 40.6 Å². The Kier molecular flexibility index (Phi) is 4.07. The number of nitrogens with zero attached hydrogens (tertiary/aromatic N) is 3. The van der Waals surface area contributed by atoms with Crippen LogP contribution in [0.4, 0.5) is 0 Å². The average molecular weight is 305 g/mol. The van der Waals surface area contributed by atoms with Crippen LogP contribution in [0.15, 0.2) is 30.0 Å². The van der Waals surface area contributed by atoms with Crippen molar-refractivity contribution in [3.8, 4) is 0 Å². The molecule has 0 radical (unpaired) electrons. The van der Waals surface area contributed by atoms with Crippen molar-refractivity contribution in [2.75, 3.05) is 13.1 Å². The summed E-state index contributed by atoms with van der Waals surface area (Å²) in [5, 5.41) is 9.21. The Balaban J connectivity index is 1.65. The minimum absolute atomic E-state index is 0.288. The van der Waals surface area contributed by atoms with Gasteiger partial charge in [0.15, 0.2) is 0 Å². The molecule has 0 spiro atoms. The fraction of sp³-hybridized carbons (Fsp3) is 0.467. The van der Waals surface area contributed by atoms with Gasteiger partial charge in [-0.1, -0.05) is 0 Å². The van der Waals surface area contributed by atoms with Crippen molar-refractivity contribution in [1.82, 2.24) is 14.5 Å². The molecule has 0 amide bonds. The summed E-state index contributed by atoms with van der Waals surface area (Å²) in [5.41, 5.74) is 2.27. The predicted octanol–water partition coefficient (Wildman–Crippen LogP) is 3.04. The number of thiazole rings is 1. The van der Waals surface area contributed by atoms with E-state index in [-0.39, 0.29) is 6.04 Å². The Labute approximate surface area is 127 Å². The van der Waals surface area contributed by atoms with Crippen LogP contribution in [0.5, 0.6) is 0 Å². The molecule has 0 aliphatic carbocycles. The molecular weight excluding hydrogens is 286 g/mol. The first kappa shape index (κ1) is 14.3. The Hall–Kier alpha value is -1.66. The Bertz CT molecular complexity index is 600. The molecule has 2 aromatic heterocycles. The predicted molar refractivity (Wildman–Crippen MR) is 81.8 cm³/mol. The van der Waals surface area contributed by atoms with E-state index in [9.17, 15) is 9.90 Å². The SMILES string of the molecule is CC(c1cncs1)N1CCC(n2cccc2C(=O)O)CC1. The highest BCUT2D eigenvalue weighted by molar-refractivity contribution is 7.09. The van der Waals surface area contributed by atoms with Crippen LogP contribution in [0.3, 0.4) is 0 Å². The van der Waals surface area contributed by atoms with Gasteiger partial charge in [-0.2, -0.15) is 0 Å². The van der Waals surface area contributed by atoms with E-state index < -0.39 is 5.97 Å². The van der Waals surface area contributed by atoms with E-state index >= 15 is 0 Å². The van der Waals surface area contributed by atoms with Crippen LogP contribution < -0.4 is 0 Å². The molecule has 3 heterocycles. The lowest BCUT2D eigenvalue weighted by atomic mass is 10.0. The van der Waals surface area contributed by atoms with Crippen LogP contribution >= 0.6 is 11.3 Å². The van der Waals surface area contributed by atoms with Gasteiger partial charge in [0.25, 0.3) is 0 Å². The summed E-state index contributed by atoms with van der Waals surface area (Å²) in [7, 11) is 0. The van der Waals surface area contributed by atoms with Crippen LogP contribution in [0, 0.1) is 0 Å². The van der Waals surface area contributed by atoms with E-state index in [1.54, 1.807) is 17.4 Å². The first-order valence-electron chi connectivity index (χ1n) is 7.19. The number of carboxylic acids is 1. The highest BCUT2D eigenvalue weighted by atomic mass is 32.1. The first-order valence-corrected chi connectivity index (χ1v) is 8.07. The maximum atomic E-state index is 11.2. The minimum Gasteiger partial charge on any atom is -0.477 e. The summed E-state index contributed by atoms with van der Waals surface area (Å²) in [6.45, 7) is 4.19. The van der Waals surface area contributed by atoms with Gasteiger partial charge in [0.1, 0.15) is 5.69 Å². The molecule has 1 aliphatic heterocycles. The van der Waals surface area contributed by atoms with Crippen molar-refractivity contribution in [2.24, 2.45) is 0 Å². The normalized spacial score (nSPS) is 18.7. The van der Waals surface area contributed by atoms with E-state index in [0.29, 0.717) is 11.7 Å². The van der Waals surface area contributed by atoms with E-state index in [0.717, 1.165) is 25.9 Å². The number of hydrogen-bond donors (Lipinski definition) is 1. The van der Waals surface area contributed by atoms with Crippen LogP contribution in [-0.2, 0) is 0 Å². The lowest BCUT2D eigenvalue weighted by Gasteiger charge is -2.36. The zero-order chi connectivity index (χ0) is 14.8. The molecule has 1 atom stereocenters. The molecular formula is C15H19N3O2S. The summed E-state index contributed by atoms with van der Waals surface area (Å²) in [6, 6.07) is 4.17. The van der Waals surface area contributed by atoms with E-state index in [1.807, 2.05) is 28.5 Å². The fourth-order valence-electron chi connectivity index (χ4n) is 3.06. The molecule has 1 N–H and O–H groups in total. The van der Waals surface area contributed by atoms with Gasteiger partial charge in [-0.3, -0.25) is 9.88 Å².